The van der Waals surface area contributed by atoms with Gasteiger partial charge in [0.05, 0.1) is 24.8 Å². The summed E-state index contributed by atoms with van der Waals surface area (Å²) in [6.07, 6.45) is -4.29. The Kier molecular flexibility index (Phi) is 4.64. The average molecular weight is 282 g/mol. The Balaban J connectivity index is 0.00000162. The van der Waals surface area contributed by atoms with E-state index in [-0.39, 0.29) is 18.4 Å². The number of fused-ring (bicyclic) bond motifs is 1. The first-order chi connectivity index (χ1) is 7.89. The van der Waals surface area contributed by atoms with Crippen LogP contribution in [0.2, 0.25) is 0 Å². The minimum absolute atomic E-state index is 0. The molecule has 0 spiro atoms. The summed E-state index contributed by atoms with van der Waals surface area (Å²) in [4.78, 5) is 1.87. The lowest BCUT2D eigenvalue weighted by molar-refractivity contribution is -0.137. The predicted octanol–water partition coefficient (Wildman–Crippen LogP) is 3.26. The van der Waals surface area contributed by atoms with Gasteiger partial charge in [-0.3, -0.25) is 0 Å². The predicted molar refractivity (Wildman–Crippen MR) is 64.8 cm³/mol. The minimum Gasteiger partial charge on any atom is -0.375 e. The van der Waals surface area contributed by atoms with Gasteiger partial charge >= 0.3 is 6.18 Å². The molecule has 1 aliphatic rings. The van der Waals surface area contributed by atoms with E-state index in [0.29, 0.717) is 13.2 Å². The van der Waals surface area contributed by atoms with Crippen molar-refractivity contribution in [2.75, 3.05) is 20.7 Å². The number of hydrogen-bond donors (Lipinski definition) is 0. The quantitative estimate of drug-likeness (QED) is 0.783. The van der Waals surface area contributed by atoms with Crippen LogP contribution in [-0.4, -0.2) is 25.6 Å². The van der Waals surface area contributed by atoms with Gasteiger partial charge in [0, 0.05) is 0 Å². The van der Waals surface area contributed by atoms with Gasteiger partial charge in [-0.05, 0) is 37.4 Å². The lowest BCUT2D eigenvalue weighted by atomic mass is 9.96. The molecule has 6 heteroatoms. The molecule has 1 unspecified atom stereocenters. The van der Waals surface area contributed by atoms with E-state index in [1.54, 1.807) is 0 Å². The van der Waals surface area contributed by atoms with Crippen LogP contribution in [0.15, 0.2) is 18.2 Å². The Morgan fingerprint density at radius 1 is 1.28 bits per heavy atom. The first kappa shape index (κ1) is 15.3. The SMILES string of the molecule is CN(C)C1COCc2ccc(C(F)(F)F)cc21.Cl. The van der Waals surface area contributed by atoms with E-state index in [1.165, 1.54) is 12.1 Å². The number of hydrogen-bond acceptors (Lipinski definition) is 2. The molecule has 0 aromatic heterocycles. The normalized spacial score (nSPS) is 19.3. The smallest absolute Gasteiger partial charge is 0.375 e. The van der Waals surface area contributed by atoms with Crippen LogP contribution in [0.1, 0.15) is 22.7 Å². The van der Waals surface area contributed by atoms with Gasteiger partial charge in [0.2, 0.25) is 0 Å². The topological polar surface area (TPSA) is 12.5 Å². The number of likely N-dealkylation sites (N-methyl/N-ethyl adjacent to an activating group) is 1. The highest BCUT2D eigenvalue weighted by molar-refractivity contribution is 5.85. The van der Waals surface area contributed by atoms with Crippen LogP contribution in [0.4, 0.5) is 13.2 Å². The molecule has 1 aliphatic heterocycles. The first-order valence-corrected chi connectivity index (χ1v) is 5.34. The highest BCUT2D eigenvalue weighted by Crippen LogP contribution is 2.35. The van der Waals surface area contributed by atoms with Gasteiger partial charge in [0.1, 0.15) is 0 Å². The van der Waals surface area contributed by atoms with E-state index in [4.69, 9.17) is 4.74 Å². The molecule has 1 atom stereocenters. The van der Waals surface area contributed by atoms with E-state index in [9.17, 15) is 13.2 Å². The molecule has 0 fully saturated rings. The van der Waals surface area contributed by atoms with Gasteiger partial charge in [-0.1, -0.05) is 6.07 Å². The van der Waals surface area contributed by atoms with Crippen molar-refractivity contribution in [3.63, 3.8) is 0 Å². The Bertz CT molecular complexity index is 420. The Hall–Kier alpha value is -0.780. The fraction of sp³-hybridized carbons (Fsp3) is 0.500. The van der Waals surface area contributed by atoms with E-state index in [2.05, 4.69) is 0 Å². The first-order valence-electron chi connectivity index (χ1n) is 5.34. The molecule has 18 heavy (non-hydrogen) atoms. The maximum atomic E-state index is 12.6. The highest BCUT2D eigenvalue weighted by Gasteiger charge is 2.33. The minimum atomic E-state index is -4.29. The third-order valence-electron chi connectivity index (χ3n) is 2.99. The zero-order valence-corrected chi connectivity index (χ0v) is 10.9. The summed E-state index contributed by atoms with van der Waals surface area (Å²) in [6, 6.07) is 3.75. The standard InChI is InChI=1S/C12H14F3NO.ClH/c1-16(2)11-7-17-6-8-3-4-9(5-10(8)11)12(13,14)15;/h3-5,11H,6-7H2,1-2H3;1H. The monoisotopic (exact) mass is 281 g/mol. The molecule has 0 N–H and O–H groups in total. The summed E-state index contributed by atoms with van der Waals surface area (Å²) in [5.74, 6) is 0. The number of ether oxygens (including phenoxy) is 1. The number of rotatable bonds is 1. The fourth-order valence-electron chi connectivity index (χ4n) is 2.01. The second-order valence-corrected chi connectivity index (χ2v) is 4.41. The van der Waals surface area contributed by atoms with Gasteiger partial charge in [-0.2, -0.15) is 13.2 Å². The maximum absolute atomic E-state index is 12.6. The molecule has 0 saturated carbocycles. The van der Waals surface area contributed by atoms with Crippen molar-refractivity contribution in [1.82, 2.24) is 4.90 Å². The van der Waals surface area contributed by atoms with E-state index >= 15 is 0 Å². The lowest BCUT2D eigenvalue weighted by Gasteiger charge is -2.31. The molecule has 2 rings (SSSR count). The molecule has 0 amide bonds. The molecule has 1 aromatic carbocycles. The molecule has 102 valence electrons. The molecule has 0 radical (unpaired) electrons. The van der Waals surface area contributed by atoms with Crippen molar-refractivity contribution in [1.29, 1.82) is 0 Å². The maximum Gasteiger partial charge on any atom is 0.416 e. The van der Waals surface area contributed by atoms with Gasteiger partial charge in [-0.25, -0.2) is 0 Å². The molecule has 0 bridgehead atoms. The van der Waals surface area contributed by atoms with Crippen molar-refractivity contribution in [3.8, 4) is 0 Å². The number of benzene rings is 1. The summed E-state index contributed by atoms with van der Waals surface area (Å²) < 4.78 is 43.3. The number of halogens is 4. The fourth-order valence-corrected chi connectivity index (χ4v) is 2.01. The zero-order valence-electron chi connectivity index (χ0n) is 10.1. The summed E-state index contributed by atoms with van der Waals surface area (Å²) >= 11 is 0. The summed E-state index contributed by atoms with van der Waals surface area (Å²) in [6.45, 7) is 0.819. The van der Waals surface area contributed by atoms with Crippen molar-refractivity contribution in [2.24, 2.45) is 0 Å². The van der Waals surface area contributed by atoms with Gasteiger partial charge < -0.3 is 9.64 Å². The number of nitrogens with zero attached hydrogens (tertiary/aromatic N) is 1. The van der Waals surface area contributed by atoms with E-state index < -0.39 is 11.7 Å². The molecule has 1 aromatic rings. The molecule has 0 aliphatic carbocycles. The van der Waals surface area contributed by atoms with Crippen molar-refractivity contribution < 1.29 is 17.9 Å². The highest BCUT2D eigenvalue weighted by atomic mass is 35.5. The van der Waals surface area contributed by atoms with Crippen LogP contribution < -0.4 is 0 Å². The Morgan fingerprint density at radius 2 is 1.94 bits per heavy atom. The second-order valence-electron chi connectivity index (χ2n) is 4.41. The van der Waals surface area contributed by atoms with E-state index in [0.717, 1.165) is 17.2 Å². The van der Waals surface area contributed by atoms with Crippen molar-refractivity contribution >= 4 is 12.4 Å². The van der Waals surface area contributed by atoms with Crippen LogP contribution in [0.5, 0.6) is 0 Å². The molecule has 2 nitrogen and oxygen atoms in total. The second kappa shape index (κ2) is 5.47. The molecule has 1 heterocycles. The van der Waals surface area contributed by atoms with Crippen molar-refractivity contribution in [3.05, 3.63) is 34.9 Å². The van der Waals surface area contributed by atoms with Gasteiger partial charge in [-0.15, -0.1) is 12.4 Å². The van der Waals surface area contributed by atoms with Gasteiger partial charge in [0.15, 0.2) is 0 Å². The van der Waals surface area contributed by atoms with E-state index in [1.807, 2.05) is 19.0 Å². The number of alkyl halides is 3. The van der Waals surface area contributed by atoms with Gasteiger partial charge in [0.25, 0.3) is 0 Å². The van der Waals surface area contributed by atoms with Crippen LogP contribution in [0, 0.1) is 0 Å². The zero-order chi connectivity index (χ0) is 12.6. The van der Waals surface area contributed by atoms with Crippen LogP contribution >= 0.6 is 12.4 Å². The summed E-state index contributed by atoms with van der Waals surface area (Å²) in [7, 11) is 3.67. The Morgan fingerprint density at radius 3 is 2.50 bits per heavy atom. The van der Waals surface area contributed by atoms with Crippen molar-refractivity contribution in [2.45, 2.75) is 18.8 Å². The Labute approximate surface area is 110 Å². The molecular formula is C12H15ClF3NO. The van der Waals surface area contributed by atoms with Crippen LogP contribution in [-0.2, 0) is 17.5 Å². The van der Waals surface area contributed by atoms with Crippen LogP contribution in [0.3, 0.4) is 0 Å². The summed E-state index contributed by atoms with van der Waals surface area (Å²) in [5, 5.41) is 0. The third kappa shape index (κ3) is 2.96. The average Bonchev–Trinajstić information content (AvgIpc) is 2.26. The summed E-state index contributed by atoms with van der Waals surface area (Å²) in [5.41, 5.74) is 0.962. The largest absolute Gasteiger partial charge is 0.416 e. The molecular weight excluding hydrogens is 267 g/mol. The van der Waals surface area contributed by atoms with Crippen LogP contribution in [0.25, 0.3) is 0 Å². The lowest BCUT2D eigenvalue weighted by Crippen LogP contribution is -2.29. The third-order valence-corrected chi connectivity index (χ3v) is 2.99. The molecule has 0 saturated heterocycles.